The first-order chi connectivity index (χ1) is 8.54. The van der Waals surface area contributed by atoms with Gasteiger partial charge in [0.15, 0.2) is 5.76 Å². The van der Waals surface area contributed by atoms with Gasteiger partial charge in [-0.15, -0.1) is 0 Å². The minimum atomic E-state index is -1.20. The van der Waals surface area contributed by atoms with E-state index in [4.69, 9.17) is 21.2 Å². The molecular weight excluding hydrogens is 261 g/mol. The molecule has 0 aliphatic rings. The van der Waals surface area contributed by atoms with Crippen LogP contribution in [0.25, 0.3) is 11.3 Å². The monoisotopic (exact) mass is 269 g/mol. The molecule has 2 rings (SSSR count). The summed E-state index contributed by atoms with van der Waals surface area (Å²) in [7, 11) is 0. The summed E-state index contributed by atoms with van der Waals surface area (Å²) < 4.78 is 18.6. The van der Waals surface area contributed by atoms with Crippen LogP contribution in [0.2, 0.25) is 5.02 Å². The van der Waals surface area contributed by atoms with Crippen LogP contribution in [-0.4, -0.2) is 16.2 Å². The van der Waals surface area contributed by atoms with Gasteiger partial charge in [-0.1, -0.05) is 23.7 Å². The molecule has 1 heterocycles. The lowest BCUT2D eigenvalue weighted by atomic mass is 10.0. The molecule has 0 saturated heterocycles. The number of hydrogen-bond acceptors (Lipinski definition) is 3. The minimum absolute atomic E-state index is 0.0199. The van der Waals surface area contributed by atoms with E-state index < -0.39 is 11.8 Å². The van der Waals surface area contributed by atoms with Gasteiger partial charge in [-0.2, -0.15) is 0 Å². The van der Waals surface area contributed by atoms with Crippen LogP contribution in [0.3, 0.4) is 0 Å². The van der Waals surface area contributed by atoms with E-state index in [-0.39, 0.29) is 27.6 Å². The van der Waals surface area contributed by atoms with E-state index >= 15 is 0 Å². The van der Waals surface area contributed by atoms with Crippen LogP contribution in [0.1, 0.15) is 23.0 Å². The Morgan fingerprint density at radius 3 is 2.83 bits per heavy atom. The van der Waals surface area contributed by atoms with Crippen molar-refractivity contribution >= 4 is 17.6 Å². The van der Waals surface area contributed by atoms with E-state index in [0.29, 0.717) is 6.42 Å². The molecule has 0 saturated carbocycles. The van der Waals surface area contributed by atoms with Crippen molar-refractivity contribution in [2.75, 3.05) is 0 Å². The topological polar surface area (TPSA) is 63.3 Å². The number of halogens is 2. The molecule has 1 N–H and O–H groups in total. The Kier molecular flexibility index (Phi) is 3.34. The predicted octanol–water partition coefficient (Wildman–Crippen LogP) is 3.39. The highest BCUT2D eigenvalue weighted by atomic mass is 35.5. The van der Waals surface area contributed by atoms with Crippen molar-refractivity contribution < 1.29 is 18.8 Å². The van der Waals surface area contributed by atoms with Crippen molar-refractivity contribution in [2.24, 2.45) is 0 Å². The van der Waals surface area contributed by atoms with Crippen molar-refractivity contribution in [2.45, 2.75) is 13.3 Å². The maximum absolute atomic E-state index is 13.7. The van der Waals surface area contributed by atoms with Crippen LogP contribution in [0.4, 0.5) is 4.39 Å². The smallest absolute Gasteiger partial charge is 0.341 e. The molecule has 0 unspecified atom stereocenters. The van der Waals surface area contributed by atoms with E-state index in [9.17, 15) is 9.18 Å². The van der Waals surface area contributed by atoms with E-state index in [1.807, 2.05) is 0 Å². The number of hydrogen-bond donors (Lipinski definition) is 1. The fourth-order valence-electron chi connectivity index (χ4n) is 1.65. The van der Waals surface area contributed by atoms with Gasteiger partial charge in [0.25, 0.3) is 0 Å². The van der Waals surface area contributed by atoms with Gasteiger partial charge in [0.1, 0.15) is 17.1 Å². The third-order valence-corrected chi connectivity index (χ3v) is 2.72. The van der Waals surface area contributed by atoms with Gasteiger partial charge in [0, 0.05) is 17.0 Å². The average molecular weight is 270 g/mol. The molecule has 0 atom stereocenters. The summed E-state index contributed by atoms with van der Waals surface area (Å²) in [5.41, 5.74) is -0.0764. The Hall–Kier alpha value is -1.88. The van der Waals surface area contributed by atoms with Crippen LogP contribution in [0.5, 0.6) is 0 Å². The molecule has 0 amide bonds. The van der Waals surface area contributed by atoms with E-state index in [0.717, 1.165) is 6.07 Å². The summed E-state index contributed by atoms with van der Waals surface area (Å²) in [4.78, 5) is 11.2. The fraction of sp³-hybridized carbons (Fsp3) is 0.167. The molecule has 4 nitrogen and oxygen atoms in total. The zero-order valence-electron chi connectivity index (χ0n) is 9.41. The number of aromatic carboxylic acids is 1. The van der Waals surface area contributed by atoms with Crippen molar-refractivity contribution in [3.05, 3.63) is 40.4 Å². The molecule has 0 fully saturated rings. The predicted molar refractivity (Wildman–Crippen MR) is 63.2 cm³/mol. The summed E-state index contributed by atoms with van der Waals surface area (Å²) in [6.07, 6.45) is 0.365. The maximum Gasteiger partial charge on any atom is 0.341 e. The summed E-state index contributed by atoms with van der Waals surface area (Å²) >= 11 is 5.64. The average Bonchev–Trinajstić information content (AvgIpc) is 2.72. The maximum atomic E-state index is 13.7. The first kappa shape index (κ1) is 12.6. The minimum Gasteiger partial charge on any atom is -0.477 e. The van der Waals surface area contributed by atoms with Crippen LogP contribution >= 0.6 is 11.6 Å². The molecule has 1 aromatic heterocycles. The Bertz CT molecular complexity index is 609. The molecule has 18 heavy (non-hydrogen) atoms. The van der Waals surface area contributed by atoms with Crippen molar-refractivity contribution in [1.29, 1.82) is 0 Å². The van der Waals surface area contributed by atoms with Gasteiger partial charge in [-0.05, 0) is 18.2 Å². The number of carbonyl (C=O) groups is 1. The molecule has 6 heteroatoms. The van der Waals surface area contributed by atoms with Crippen LogP contribution in [0, 0.1) is 5.82 Å². The number of carboxylic acid groups (broad SMARTS) is 1. The second-order valence-electron chi connectivity index (χ2n) is 3.61. The molecular formula is C12H9ClFNO3. The fourth-order valence-corrected chi connectivity index (χ4v) is 1.81. The van der Waals surface area contributed by atoms with E-state index in [1.165, 1.54) is 12.1 Å². The number of aromatic nitrogens is 1. The van der Waals surface area contributed by atoms with Crippen LogP contribution < -0.4 is 0 Å². The highest BCUT2D eigenvalue weighted by Crippen LogP contribution is 2.29. The normalized spacial score (nSPS) is 10.6. The molecule has 0 bridgehead atoms. The van der Waals surface area contributed by atoms with Crippen molar-refractivity contribution in [3.8, 4) is 11.3 Å². The largest absolute Gasteiger partial charge is 0.477 e. The zero-order chi connectivity index (χ0) is 13.3. The second kappa shape index (κ2) is 4.78. The molecule has 0 spiro atoms. The Morgan fingerprint density at radius 2 is 2.28 bits per heavy atom. The van der Waals surface area contributed by atoms with Gasteiger partial charge in [-0.25, -0.2) is 9.18 Å². The van der Waals surface area contributed by atoms with E-state index in [2.05, 4.69) is 5.16 Å². The highest BCUT2D eigenvalue weighted by Gasteiger charge is 2.24. The Labute approximate surface area is 107 Å². The molecule has 1 aromatic carbocycles. The molecule has 0 aliphatic carbocycles. The second-order valence-corrected chi connectivity index (χ2v) is 4.05. The quantitative estimate of drug-likeness (QED) is 0.927. The number of benzene rings is 1. The van der Waals surface area contributed by atoms with Crippen molar-refractivity contribution in [3.63, 3.8) is 0 Å². The third kappa shape index (κ3) is 2.09. The van der Waals surface area contributed by atoms with Crippen molar-refractivity contribution in [1.82, 2.24) is 5.16 Å². The van der Waals surface area contributed by atoms with Gasteiger partial charge >= 0.3 is 5.97 Å². The summed E-state index contributed by atoms with van der Waals surface area (Å²) in [6.45, 7) is 1.73. The van der Waals surface area contributed by atoms with Gasteiger partial charge in [0.05, 0.1) is 0 Å². The standard InChI is InChI=1S/C12H9ClFNO3/c1-2-9-10(12(16)17)11(15-18-9)7-4-3-6(13)5-8(7)14/h3-5H,2H2,1H3,(H,16,17). The number of aryl methyl sites for hydroxylation is 1. The van der Waals surface area contributed by atoms with Gasteiger partial charge in [-0.3, -0.25) is 0 Å². The molecule has 2 aromatic rings. The Morgan fingerprint density at radius 1 is 1.56 bits per heavy atom. The number of carboxylic acids is 1. The summed E-state index contributed by atoms with van der Waals surface area (Å²) in [5, 5.41) is 13.0. The van der Waals surface area contributed by atoms with Gasteiger partial charge < -0.3 is 9.63 Å². The van der Waals surface area contributed by atoms with Crippen LogP contribution in [-0.2, 0) is 6.42 Å². The zero-order valence-corrected chi connectivity index (χ0v) is 10.2. The molecule has 0 aliphatic heterocycles. The number of nitrogens with zero attached hydrogens (tertiary/aromatic N) is 1. The third-order valence-electron chi connectivity index (χ3n) is 2.48. The summed E-state index contributed by atoms with van der Waals surface area (Å²) in [6, 6.07) is 3.94. The lowest BCUT2D eigenvalue weighted by Crippen LogP contribution is -2.01. The lowest BCUT2D eigenvalue weighted by molar-refractivity contribution is 0.0695. The number of rotatable bonds is 3. The molecule has 94 valence electrons. The summed E-state index contributed by atoms with van der Waals surface area (Å²) in [5.74, 6) is -1.62. The lowest BCUT2D eigenvalue weighted by Gasteiger charge is -2.01. The highest BCUT2D eigenvalue weighted by molar-refractivity contribution is 6.30. The van der Waals surface area contributed by atoms with Gasteiger partial charge in [0.2, 0.25) is 0 Å². The first-order valence-corrected chi connectivity index (χ1v) is 5.59. The SMILES string of the molecule is CCc1onc(-c2ccc(Cl)cc2F)c1C(=O)O. The van der Waals surface area contributed by atoms with E-state index in [1.54, 1.807) is 6.92 Å². The first-order valence-electron chi connectivity index (χ1n) is 5.21. The van der Waals surface area contributed by atoms with Crippen LogP contribution in [0.15, 0.2) is 22.7 Å². The Balaban J connectivity index is 2.64. The molecule has 0 radical (unpaired) electrons.